The number of hydrogen-bond donors (Lipinski definition) is 1. The van der Waals surface area contributed by atoms with Crippen molar-refractivity contribution in [2.75, 3.05) is 26.9 Å². The third kappa shape index (κ3) is 4.34. The molecule has 0 spiro atoms. The van der Waals surface area contributed by atoms with Crippen molar-refractivity contribution >= 4 is 34.7 Å². The molecule has 1 aromatic carbocycles. The van der Waals surface area contributed by atoms with Gasteiger partial charge in [0.25, 0.3) is 11.6 Å². The molecule has 0 aliphatic heterocycles. The number of thioether (sulfide) groups is 1. The summed E-state index contributed by atoms with van der Waals surface area (Å²) in [6.07, 6.45) is 1.77. The van der Waals surface area contributed by atoms with Gasteiger partial charge in [0.15, 0.2) is 0 Å². The standard InChI is InChI=1S/C16H19N3O3S2/c1-18(2)13(15-5-4-8-24-15)10-17-16(20)11-6-7-14(23-3)12(9-11)19(21)22/h4-9,13H,10H2,1-3H3,(H,17,20). The normalized spacial score (nSPS) is 12.2. The highest BCUT2D eigenvalue weighted by atomic mass is 32.2. The van der Waals surface area contributed by atoms with Gasteiger partial charge in [-0.25, -0.2) is 0 Å². The Morgan fingerprint density at radius 1 is 1.42 bits per heavy atom. The lowest BCUT2D eigenvalue weighted by molar-refractivity contribution is -0.387. The minimum absolute atomic E-state index is 0.0439. The lowest BCUT2D eigenvalue weighted by atomic mass is 10.1. The van der Waals surface area contributed by atoms with Gasteiger partial charge in [-0.15, -0.1) is 23.1 Å². The molecule has 1 atom stereocenters. The molecule has 0 bridgehead atoms. The van der Waals surface area contributed by atoms with Gasteiger partial charge in [-0.3, -0.25) is 14.9 Å². The number of nitro groups is 1. The first-order chi connectivity index (χ1) is 11.4. The molecule has 0 aliphatic carbocycles. The summed E-state index contributed by atoms with van der Waals surface area (Å²) in [4.78, 5) is 26.8. The third-order valence-electron chi connectivity index (χ3n) is 3.59. The van der Waals surface area contributed by atoms with E-state index in [9.17, 15) is 14.9 Å². The van der Waals surface area contributed by atoms with Crippen LogP contribution in [0, 0.1) is 10.1 Å². The van der Waals surface area contributed by atoms with E-state index in [1.165, 1.54) is 17.8 Å². The summed E-state index contributed by atoms with van der Waals surface area (Å²) < 4.78 is 0. The molecule has 1 aromatic heterocycles. The highest BCUT2D eigenvalue weighted by Crippen LogP contribution is 2.28. The van der Waals surface area contributed by atoms with Crippen LogP contribution in [0.4, 0.5) is 5.69 Å². The van der Waals surface area contributed by atoms with E-state index in [1.807, 2.05) is 36.5 Å². The van der Waals surface area contributed by atoms with Crippen LogP contribution in [0.2, 0.25) is 0 Å². The number of benzene rings is 1. The van der Waals surface area contributed by atoms with E-state index in [4.69, 9.17) is 0 Å². The second kappa shape index (κ2) is 8.27. The highest BCUT2D eigenvalue weighted by Gasteiger charge is 2.19. The maximum atomic E-state index is 12.4. The van der Waals surface area contributed by atoms with E-state index in [0.29, 0.717) is 17.0 Å². The molecule has 24 heavy (non-hydrogen) atoms. The van der Waals surface area contributed by atoms with Gasteiger partial charge < -0.3 is 10.2 Å². The van der Waals surface area contributed by atoms with Crippen LogP contribution in [0.3, 0.4) is 0 Å². The van der Waals surface area contributed by atoms with Crippen LogP contribution < -0.4 is 5.32 Å². The van der Waals surface area contributed by atoms with Gasteiger partial charge in [-0.2, -0.15) is 0 Å². The summed E-state index contributed by atoms with van der Waals surface area (Å²) in [6, 6.07) is 8.62. The van der Waals surface area contributed by atoms with Gasteiger partial charge in [0, 0.05) is 23.1 Å². The molecular formula is C16H19N3O3S2. The smallest absolute Gasteiger partial charge is 0.283 e. The van der Waals surface area contributed by atoms with Crippen molar-refractivity contribution in [3.8, 4) is 0 Å². The molecule has 0 radical (unpaired) electrons. The zero-order valence-corrected chi connectivity index (χ0v) is 15.3. The fraction of sp³-hybridized carbons (Fsp3) is 0.312. The Kier molecular flexibility index (Phi) is 6.36. The lowest BCUT2D eigenvalue weighted by Gasteiger charge is -2.23. The highest BCUT2D eigenvalue weighted by molar-refractivity contribution is 7.98. The van der Waals surface area contributed by atoms with Crippen LogP contribution in [-0.2, 0) is 0 Å². The molecule has 0 aliphatic rings. The Morgan fingerprint density at radius 3 is 2.71 bits per heavy atom. The average molecular weight is 365 g/mol. The van der Waals surface area contributed by atoms with Crippen molar-refractivity contribution in [2.24, 2.45) is 0 Å². The summed E-state index contributed by atoms with van der Waals surface area (Å²) in [5, 5.41) is 16.0. The minimum atomic E-state index is -0.461. The molecular weight excluding hydrogens is 346 g/mol. The largest absolute Gasteiger partial charge is 0.350 e. The number of thiophene rings is 1. The summed E-state index contributed by atoms with van der Waals surface area (Å²) in [5.74, 6) is -0.311. The number of nitrogens with zero attached hydrogens (tertiary/aromatic N) is 2. The number of nitrogens with one attached hydrogen (secondary N) is 1. The maximum absolute atomic E-state index is 12.4. The molecule has 0 fully saturated rings. The van der Waals surface area contributed by atoms with E-state index >= 15 is 0 Å². The third-order valence-corrected chi connectivity index (χ3v) is 5.35. The monoisotopic (exact) mass is 365 g/mol. The Hall–Kier alpha value is -1.90. The number of likely N-dealkylation sites (N-methyl/N-ethyl adjacent to an activating group) is 1. The maximum Gasteiger partial charge on any atom is 0.283 e. The summed E-state index contributed by atoms with van der Waals surface area (Å²) in [6.45, 7) is 0.435. The van der Waals surface area contributed by atoms with E-state index in [-0.39, 0.29) is 17.6 Å². The molecule has 1 heterocycles. The Labute approximate surface area is 149 Å². The quantitative estimate of drug-likeness (QED) is 0.462. The first-order valence-corrected chi connectivity index (χ1v) is 9.35. The predicted octanol–water partition coefficient (Wildman–Crippen LogP) is 3.41. The van der Waals surface area contributed by atoms with Crippen LogP contribution in [-0.4, -0.2) is 42.6 Å². The molecule has 6 nitrogen and oxygen atoms in total. The van der Waals surface area contributed by atoms with Crippen molar-refractivity contribution in [3.63, 3.8) is 0 Å². The Bertz CT molecular complexity index is 717. The van der Waals surface area contributed by atoms with Crippen LogP contribution in [0.15, 0.2) is 40.6 Å². The van der Waals surface area contributed by atoms with Gasteiger partial charge in [0.1, 0.15) is 0 Å². The minimum Gasteiger partial charge on any atom is -0.350 e. The van der Waals surface area contributed by atoms with Crippen molar-refractivity contribution in [1.82, 2.24) is 10.2 Å². The molecule has 2 rings (SSSR count). The molecule has 1 amide bonds. The first-order valence-electron chi connectivity index (χ1n) is 7.24. The number of carbonyl (C=O) groups excluding carboxylic acids is 1. The molecule has 128 valence electrons. The topological polar surface area (TPSA) is 75.5 Å². The summed E-state index contributed by atoms with van der Waals surface area (Å²) in [5.41, 5.74) is 0.251. The number of hydrogen-bond acceptors (Lipinski definition) is 6. The predicted molar refractivity (Wildman–Crippen MR) is 98.0 cm³/mol. The van der Waals surface area contributed by atoms with Gasteiger partial charge in [0.05, 0.1) is 15.9 Å². The fourth-order valence-corrected chi connectivity index (χ4v) is 3.75. The second-order valence-electron chi connectivity index (χ2n) is 5.35. The van der Waals surface area contributed by atoms with Crippen molar-refractivity contribution in [3.05, 3.63) is 56.3 Å². The van der Waals surface area contributed by atoms with Crippen molar-refractivity contribution in [1.29, 1.82) is 0 Å². The molecule has 2 aromatic rings. The molecule has 0 saturated heterocycles. The number of nitro benzene ring substituents is 1. The Balaban J connectivity index is 2.12. The van der Waals surface area contributed by atoms with Crippen LogP contribution in [0.5, 0.6) is 0 Å². The lowest BCUT2D eigenvalue weighted by Crippen LogP contribution is -2.34. The van der Waals surface area contributed by atoms with Crippen molar-refractivity contribution in [2.45, 2.75) is 10.9 Å². The first kappa shape index (κ1) is 18.4. The molecule has 8 heteroatoms. The van der Waals surface area contributed by atoms with Gasteiger partial charge in [0.2, 0.25) is 0 Å². The van der Waals surface area contributed by atoms with E-state index in [1.54, 1.807) is 29.7 Å². The van der Waals surface area contributed by atoms with Crippen LogP contribution in [0.25, 0.3) is 0 Å². The zero-order chi connectivity index (χ0) is 17.7. The van der Waals surface area contributed by atoms with Gasteiger partial charge in [-0.1, -0.05) is 6.07 Å². The molecule has 0 saturated carbocycles. The van der Waals surface area contributed by atoms with Gasteiger partial charge in [-0.05, 0) is 43.9 Å². The fourth-order valence-electron chi connectivity index (χ4n) is 2.28. The van der Waals surface area contributed by atoms with Gasteiger partial charge >= 0.3 is 0 Å². The number of amides is 1. The zero-order valence-electron chi connectivity index (χ0n) is 13.7. The van der Waals surface area contributed by atoms with Crippen molar-refractivity contribution < 1.29 is 9.72 Å². The van der Waals surface area contributed by atoms with Crippen LogP contribution >= 0.6 is 23.1 Å². The van der Waals surface area contributed by atoms with E-state index in [2.05, 4.69) is 5.32 Å². The second-order valence-corrected chi connectivity index (χ2v) is 7.18. The molecule has 1 unspecified atom stereocenters. The van der Waals surface area contributed by atoms with E-state index < -0.39 is 4.92 Å². The number of carbonyl (C=O) groups is 1. The molecule has 1 N–H and O–H groups in total. The summed E-state index contributed by atoms with van der Waals surface area (Å²) in [7, 11) is 3.91. The summed E-state index contributed by atoms with van der Waals surface area (Å²) >= 11 is 2.92. The van der Waals surface area contributed by atoms with Crippen LogP contribution in [0.1, 0.15) is 21.3 Å². The Morgan fingerprint density at radius 2 is 2.17 bits per heavy atom. The SMILES string of the molecule is CSc1ccc(C(=O)NCC(c2cccs2)N(C)C)cc1[N+](=O)[O-]. The number of rotatable bonds is 7. The van der Waals surface area contributed by atoms with E-state index in [0.717, 1.165) is 4.88 Å². The average Bonchev–Trinajstić information content (AvgIpc) is 3.08.